The Hall–Kier alpha value is -3.77. The minimum absolute atomic E-state index is 0.0296. The molecule has 0 spiro atoms. The number of esters is 1. The highest BCUT2D eigenvalue weighted by molar-refractivity contribution is 7.89. The van der Waals surface area contributed by atoms with E-state index < -0.39 is 21.9 Å². The van der Waals surface area contributed by atoms with Crippen LogP contribution < -0.4 is 5.56 Å². The van der Waals surface area contributed by atoms with Crippen LogP contribution in [0.15, 0.2) is 68.9 Å². The van der Waals surface area contributed by atoms with E-state index in [0.717, 1.165) is 4.68 Å². The molecule has 0 atom stereocenters. The number of hydrogen-bond acceptors (Lipinski definition) is 8. The van der Waals surface area contributed by atoms with Gasteiger partial charge in [-0.15, -0.1) is 0 Å². The minimum Gasteiger partial charge on any atom is -0.460 e. The van der Waals surface area contributed by atoms with E-state index in [1.165, 1.54) is 33.5 Å². The van der Waals surface area contributed by atoms with Crippen molar-refractivity contribution in [1.29, 1.82) is 0 Å². The Morgan fingerprint density at radius 3 is 2.38 bits per heavy atom. The van der Waals surface area contributed by atoms with E-state index in [-0.39, 0.29) is 54.9 Å². The van der Waals surface area contributed by atoms with Crippen LogP contribution in [0.3, 0.4) is 0 Å². The maximum Gasteiger partial charge on any atom is 0.374 e. The molecule has 1 amide bonds. The summed E-state index contributed by atoms with van der Waals surface area (Å²) in [6.45, 7) is 2.06. The SMILES string of the molecule is CCOC(=O)c1ccc(S(=O)(=O)N2CCN(C(=O)c3ccc(=O)n(-c4ccccc4)n3)CC2)o1. The number of sulfonamides is 1. The summed E-state index contributed by atoms with van der Waals surface area (Å²) < 4.78 is 38.1. The number of nitrogens with zero attached hydrogens (tertiary/aromatic N) is 4. The maximum atomic E-state index is 13.0. The molecule has 12 heteroatoms. The summed E-state index contributed by atoms with van der Waals surface area (Å²) in [5.74, 6) is -1.36. The molecule has 11 nitrogen and oxygen atoms in total. The van der Waals surface area contributed by atoms with Gasteiger partial charge in [-0.2, -0.15) is 14.1 Å². The van der Waals surface area contributed by atoms with Gasteiger partial charge in [0.2, 0.25) is 10.9 Å². The molecular weight excluding hydrogens is 464 g/mol. The first kappa shape index (κ1) is 23.4. The Morgan fingerprint density at radius 1 is 1.00 bits per heavy atom. The second-order valence-electron chi connectivity index (χ2n) is 7.34. The van der Waals surface area contributed by atoms with E-state index in [1.54, 1.807) is 37.3 Å². The average molecular weight is 487 g/mol. The van der Waals surface area contributed by atoms with Gasteiger partial charge in [0.1, 0.15) is 5.69 Å². The molecule has 34 heavy (non-hydrogen) atoms. The number of para-hydroxylation sites is 1. The number of carbonyl (C=O) groups is 2. The Balaban J connectivity index is 1.45. The molecule has 178 valence electrons. The first-order valence-electron chi connectivity index (χ1n) is 10.5. The number of hydrogen-bond donors (Lipinski definition) is 0. The quantitative estimate of drug-likeness (QED) is 0.474. The number of amides is 1. The van der Waals surface area contributed by atoms with Crippen LogP contribution in [0.5, 0.6) is 0 Å². The van der Waals surface area contributed by atoms with Gasteiger partial charge in [0.05, 0.1) is 12.3 Å². The van der Waals surface area contributed by atoms with E-state index in [9.17, 15) is 22.8 Å². The lowest BCUT2D eigenvalue weighted by atomic mass is 10.3. The average Bonchev–Trinajstić information content (AvgIpc) is 3.36. The van der Waals surface area contributed by atoms with Gasteiger partial charge in [0.25, 0.3) is 21.5 Å². The van der Waals surface area contributed by atoms with Crippen LogP contribution in [0.4, 0.5) is 0 Å². The van der Waals surface area contributed by atoms with Crippen LogP contribution in [0.25, 0.3) is 5.69 Å². The molecule has 1 aliphatic rings. The first-order valence-corrected chi connectivity index (χ1v) is 12.0. The second-order valence-corrected chi connectivity index (χ2v) is 9.21. The summed E-state index contributed by atoms with van der Waals surface area (Å²) in [5, 5.41) is 3.82. The fraction of sp³-hybridized carbons (Fsp3) is 0.273. The molecule has 3 aromatic rings. The van der Waals surface area contributed by atoms with Crippen molar-refractivity contribution >= 4 is 21.9 Å². The fourth-order valence-electron chi connectivity index (χ4n) is 3.47. The topological polar surface area (TPSA) is 132 Å². The van der Waals surface area contributed by atoms with Crippen molar-refractivity contribution in [2.45, 2.75) is 12.0 Å². The van der Waals surface area contributed by atoms with Crippen LogP contribution in [0.1, 0.15) is 28.0 Å². The van der Waals surface area contributed by atoms with Gasteiger partial charge in [0.15, 0.2) is 0 Å². The monoisotopic (exact) mass is 486 g/mol. The minimum atomic E-state index is -3.99. The standard InChI is InChI=1S/C22H22N4O7S/c1-2-32-22(29)18-9-11-20(33-18)34(30,31)25-14-12-24(13-15-25)21(28)17-8-10-19(27)26(23-17)16-6-4-3-5-7-16/h3-11H,2,12-15H2,1H3. The smallest absolute Gasteiger partial charge is 0.374 e. The predicted octanol–water partition coefficient (Wildman–Crippen LogP) is 1.15. The molecule has 0 aliphatic carbocycles. The second kappa shape index (κ2) is 9.61. The van der Waals surface area contributed by atoms with Crippen molar-refractivity contribution in [2.24, 2.45) is 0 Å². The lowest BCUT2D eigenvalue weighted by Gasteiger charge is -2.33. The summed E-state index contributed by atoms with van der Waals surface area (Å²) in [6, 6.07) is 13.8. The number of benzene rings is 1. The lowest BCUT2D eigenvalue weighted by Crippen LogP contribution is -2.50. The van der Waals surface area contributed by atoms with E-state index in [2.05, 4.69) is 5.10 Å². The third-order valence-corrected chi connectivity index (χ3v) is 6.97. The van der Waals surface area contributed by atoms with Gasteiger partial charge < -0.3 is 14.1 Å². The highest BCUT2D eigenvalue weighted by Crippen LogP contribution is 2.21. The lowest BCUT2D eigenvalue weighted by molar-refractivity contribution is 0.0483. The molecule has 0 saturated carbocycles. The zero-order chi connectivity index (χ0) is 24.3. The van der Waals surface area contributed by atoms with Crippen LogP contribution in [0, 0.1) is 0 Å². The van der Waals surface area contributed by atoms with Gasteiger partial charge in [-0.3, -0.25) is 9.59 Å². The molecule has 1 saturated heterocycles. The number of aromatic nitrogens is 2. The Bertz CT molecular complexity index is 1360. The van der Waals surface area contributed by atoms with Gasteiger partial charge in [-0.05, 0) is 37.3 Å². The number of ether oxygens (including phenoxy) is 1. The number of rotatable bonds is 6. The van der Waals surface area contributed by atoms with Crippen molar-refractivity contribution in [3.8, 4) is 5.69 Å². The van der Waals surface area contributed by atoms with Crippen molar-refractivity contribution in [3.63, 3.8) is 0 Å². The number of carbonyl (C=O) groups excluding carboxylic acids is 2. The van der Waals surface area contributed by atoms with Gasteiger partial charge >= 0.3 is 5.97 Å². The molecule has 3 heterocycles. The van der Waals surface area contributed by atoms with Crippen molar-refractivity contribution in [2.75, 3.05) is 32.8 Å². The van der Waals surface area contributed by atoms with E-state index in [0.29, 0.717) is 5.69 Å². The molecule has 1 aromatic carbocycles. The zero-order valence-electron chi connectivity index (χ0n) is 18.3. The fourth-order valence-corrected chi connectivity index (χ4v) is 4.80. The summed E-state index contributed by atoms with van der Waals surface area (Å²) in [4.78, 5) is 38.4. The highest BCUT2D eigenvalue weighted by Gasteiger charge is 2.33. The highest BCUT2D eigenvalue weighted by atomic mass is 32.2. The number of piperazine rings is 1. The number of furan rings is 1. The third kappa shape index (κ3) is 4.63. The van der Waals surface area contributed by atoms with Gasteiger partial charge in [-0.25, -0.2) is 13.2 Å². The molecule has 0 radical (unpaired) electrons. The summed E-state index contributed by atoms with van der Waals surface area (Å²) in [5.41, 5.74) is 0.225. The molecule has 0 bridgehead atoms. The molecule has 4 rings (SSSR count). The van der Waals surface area contributed by atoms with Crippen molar-refractivity contribution < 1.29 is 27.2 Å². The molecular formula is C22H22N4O7S. The zero-order valence-corrected chi connectivity index (χ0v) is 19.1. The van der Waals surface area contributed by atoms with E-state index >= 15 is 0 Å². The molecule has 2 aromatic heterocycles. The Kier molecular flexibility index (Phi) is 6.61. The third-order valence-electron chi connectivity index (χ3n) is 5.20. The van der Waals surface area contributed by atoms with Crippen molar-refractivity contribution in [3.05, 3.63) is 76.4 Å². The van der Waals surface area contributed by atoms with Gasteiger partial charge in [0, 0.05) is 32.2 Å². The van der Waals surface area contributed by atoms with Gasteiger partial charge in [-0.1, -0.05) is 18.2 Å². The molecule has 0 N–H and O–H groups in total. The largest absolute Gasteiger partial charge is 0.460 e. The van der Waals surface area contributed by atoms with E-state index in [1.807, 2.05) is 0 Å². The Labute approximate surface area is 195 Å². The summed E-state index contributed by atoms with van der Waals surface area (Å²) in [7, 11) is -3.99. The normalized spacial score (nSPS) is 14.7. The molecule has 0 unspecified atom stereocenters. The van der Waals surface area contributed by atoms with Crippen molar-refractivity contribution in [1.82, 2.24) is 19.0 Å². The first-order chi connectivity index (χ1) is 16.3. The summed E-state index contributed by atoms with van der Waals surface area (Å²) >= 11 is 0. The molecule has 1 aliphatic heterocycles. The van der Waals surface area contributed by atoms with E-state index in [4.69, 9.17) is 9.15 Å². The maximum absolute atomic E-state index is 13.0. The van der Waals surface area contributed by atoms with Crippen LogP contribution in [-0.2, 0) is 14.8 Å². The van der Waals surface area contributed by atoms with Crippen LogP contribution in [0.2, 0.25) is 0 Å². The Morgan fingerprint density at radius 2 is 1.71 bits per heavy atom. The van der Waals surface area contributed by atoms with Crippen LogP contribution >= 0.6 is 0 Å². The van der Waals surface area contributed by atoms with Crippen LogP contribution in [-0.4, -0.2) is 72.1 Å². The predicted molar refractivity (Wildman–Crippen MR) is 119 cm³/mol. The summed E-state index contributed by atoms with van der Waals surface area (Å²) in [6.07, 6.45) is 0. The molecule has 1 fully saturated rings.